The number of rotatable bonds is 2. The van der Waals surface area contributed by atoms with Crippen molar-refractivity contribution in [2.45, 2.75) is 32.3 Å². The van der Waals surface area contributed by atoms with Crippen LogP contribution in [0.5, 0.6) is 0 Å². The fraction of sp³-hybridized carbons (Fsp3) is 0.900. The summed E-state index contributed by atoms with van der Waals surface area (Å²) in [5.41, 5.74) is -1.15. The van der Waals surface area contributed by atoms with Gasteiger partial charge in [0.05, 0.1) is 0 Å². The van der Waals surface area contributed by atoms with E-state index in [0.717, 1.165) is 25.9 Å². The van der Waals surface area contributed by atoms with Crippen molar-refractivity contribution in [1.29, 1.82) is 0 Å². The van der Waals surface area contributed by atoms with Crippen LogP contribution in [0.2, 0.25) is 0 Å². The third-order valence-electron chi connectivity index (χ3n) is 2.69. The number of aliphatic hydroxyl groups is 1. The van der Waals surface area contributed by atoms with Crippen LogP contribution in [-0.2, 0) is 4.79 Å². The van der Waals surface area contributed by atoms with Gasteiger partial charge in [-0.15, -0.1) is 0 Å². The highest BCUT2D eigenvalue weighted by molar-refractivity contribution is 5.88. The minimum absolute atomic E-state index is 0.000556. The van der Waals surface area contributed by atoms with Gasteiger partial charge in [0.25, 0.3) is 0 Å². The monoisotopic (exact) mass is 185 g/mol. The first kappa shape index (κ1) is 10.7. The van der Waals surface area contributed by atoms with E-state index in [2.05, 4.69) is 11.9 Å². The van der Waals surface area contributed by atoms with Gasteiger partial charge in [0.1, 0.15) is 5.60 Å². The second-order valence-corrected chi connectivity index (χ2v) is 4.50. The van der Waals surface area contributed by atoms with Crippen molar-refractivity contribution in [3.63, 3.8) is 0 Å². The van der Waals surface area contributed by atoms with E-state index in [9.17, 15) is 9.90 Å². The van der Waals surface area contributed by atoms with Crippen LogP contribution in [0.3, 0.4) is 0 Å². The minimum atomic E-state index is -1.15. The number of piperidine rings is 1. The molecule has 3 nitrogen and oxygen atoms in total. The van der Waals surface area contributed by atoms with Crippen molar-refractivity contribution in [2.75, 3.05) is 20.1 Å². The maximum Gasteiger partial charge on any atom is 0.166 e. The number of hydrogen-bond acceptors (Lipinski definition) is 3. The molecule has 0 aromatic heterocycles. The van der Waals surface area contributed by atoms with Crippen molar-refractivity contribution in [3.05, 3.63) is 0 Å². The zero-order chi connectivity index (χ0) is 10.1. The van der Waals surface area contributed by atoms with Crippen LogP contribution in [0.15, 0.2) is 0 Å². The summed E-state index contributed by atoms with van der Waals surface area (Å²) >= 11 is 0. The van der Waals surface area contributed by atoms with Crippen LogP contribution in [0.1, 0.15) is 26.7 Å². The number of carbonyl (C=O) groups is 1. The molecule has 0 spiro atoms. The van der Waals surface area contributed by atoms with Gasteiger partial charge < -0.3 is 10.0 Å². The van der Waals surface area contributed by atoms with Crippen LogP contribution in [0.25, 0.3) is 0 Å². The average molecular weight is 185 g/mol. The first-order valence-corrected chi connectivity index (χ1v) is 4.86. The number of likely N-dealkylation sites (tertiary alicyclic amines) is 1. The Morgan fingerprint density at radius 3 is 2.23 bits per heavy atom. The Kier molecular flexibility index (Phi) is 3.09. The molecule has 3 heteroatoms. The maximum atomic E-state index is 11.7. The lowest BCUT2D eigenvalue weighted by molar-refractivity contribution is -0.139. The Morgan fingerprint density at radius 2 is 1.85 bits per heavy atom. The molecule has 0 unspecified atom stereocenters. The molecule has 0 aliphatic carbocycles. The summed E-state index contributed by atoms with van der Waals surface area (Å²) in [6.07, 6.45) is 1.78. The molecule has 0 amide bonds. The van der Waals surface area contributed by atoms with Gasteiger partial charge in [-0.25, -0.2) is 0 Å². The molecule has 1 rings (SSSR count). The fourth-order valence-corrected chi connectivity index (χ4v) is 1.77. The van der Waals surface area contributed by atoms with E-state index in [1.54, 1.807) is 13.8 Å². The predicted molar refractivity (Wildman–Crippen MR) is 51.5 cm³/mol. The van der Waals surface area contributed by atoms with Gasteiger partial charge in [-0.1, -0.05) is 0 Å². The number of ketones is 1. The first-order valence-electron chi connectivity index (χ1n) is 4.86. The standard InChI is InChI=1S/C10H19NO2/c1-10(2,13)9(12)8-4-6-11(3)7-5-8/h8,13H,4-7H2,1-3H3. The first-order chi connectivity index (χ1) is 5.91. The van der Waals surface area contributed by atoms with Gasteiger partial charge in [-0.05, 0) is 46.8 Å². The largest absolute Gasteiger partial charge is 0.383 e. The van der Waals surface area contributed by atoms with Crippen molar-refractivity contribution < 1.29 is 9.90 Å². The Bertz CT molecular complexity index is 188. The van der Waals surface area contributed by atoms with Gasteiger partial charge in [0.15, 0.2) is 5.78 Å². The van der Waals surface area contributed by atoms with Gasteiger partial charge in [0, 0.05) is 5.92 Å². The lowest BCUT2D eigenvalue weighted by Crippen LogP contribution is -2.42. The number of carbonyl (C=O) groups excluding carboxylic acids is 1. The molecule has 0 atom stereocenters. The molecule has 1 aliphatic rings. The highest BCUT2D eigenvalue weighted by Crippen LogP contribution is 2.22. The zero-order valence-corrected chi connectivity index (χ0v) is 8.71. The summed E-state index contributed by atoms with van der Waals surface area (Å²) < 4.78 is 0. The van der Waals surface area contributed by atoms with Gasteiger partial charge in [-0.3, -0.25) is 4.79 Å². The van der Waals surface area contributed by atoms with Gasteiger partial charge >= 0.3 is 0 Å². The number of nitrogens with zero attached hydrogens (tertiary/aromatic N) is 1. The van der Waals surface area contributed by atoms with Gasteiger partial charge in [0.2, 0.25) is 0 Å². The van der Waals surface area contributed by atoms with Crippen LogP contribution in [-0.4, -0.2) is 41.5 Å². The molecule has 1 fully saturated rings. The quantitative estimate of drug-likeness (QED) is 0.687. The maximum absolute atomic E-state index is 11.7. The van der Waals surface area contributed by atoms with E-state index < -0.39 is 5.60 Å². The molecular weight excluding hydrogens is 166 g/mol. The Labute approximate surface area is 79.7 Å². The van der Waals surface area contributed by atoms with E-state index in [1.807, 2.05) is 0 Å². The SMILES string of the molecule is CN1CCC(C(=O)C(C)(C)O)CC1. The van der Waals surface area contributed by atoms with E-state index in [4.69, 9.17) is 0 Å². The number of hydrogen-bond donors (Lipinski definition) is 1. The molecule has 1 heterocycles. The predicted octanol–water partition coefficient (Wildman–Crippen LogP) is 0.668. The summed E-state index contributed by atoms with van der Waals surface area (Å²) in [6.45, 7) is 5.08. The highest BCUT2D eigenvalue weighted by atomic mass is 16.3. The van der Waals surface area contributed by atoms with E-state index in [-0.39, 0.29) is 11.7 Å². The Hall–Kier alpha value is -0.410. The van der Waals surface area contributed by atoms with Crippen molar-refractivity contribution in [1.82, 2.24) is 4.90 Å². The second-order valence-electron chi connectivity index (χ2n) is 4.50. The van der Waals surface area contributed by atoms with E-state index in [0.29, 0.717) is 0 Å². The van der Waals surface area contributed by atoms with Crippen molar-refractivity contribution in [3.8, 4) is 0 Å². The van der Waals surface area contributed by atoms with Crippen LogP contribution in [0.4, 0.5) is 0 Å². The summed E-state index contributed by atoms with van der Waals surface area (Å²) in [7, 11) is 2.06. The summed E-state index contributed by atoms with van der Waals surface area (Å²) in [6, 6.07) is 0. The van der Waals surface area contributed by atoms with Crippen molar-refractivity contribution in [2.24, 2.45) is 5.92 Å². The molecule has 1 N–H and O–H groups in total. The summed E-state index contributed by atoms with van der Waals surface area (Å²) in [4.78, 5) is 13.9. The summed E-state index contributed by atoms with van der Waals surface area (Å²) in [5.74, 6) is 0.0665. The van der Waals surface area contributed by atoms with Crippen LogP contribution < -0.4 is 0 Å². The molecule has 0 radical (unpaired) electrons. The molecule has 1 aliphatic heterocycles. The Balaban J connectivity index is 2.50. The highest BCUT2D eigenvalue weighted by Gasteiger charge is 2.32. The third-order valence-corrected chi connectivity index (χ3v) is 2.69. The van der Waals surface area contributed by atoms with Crippen LogP contribution >= 0.6 is 0 Å². The molecule has 0 aromatic carbocycles. The number of Topliss-reactive ketones (excluding diaryl/α,β-unsaturated/α-hetero) is 1. The molecule has 13 heavy (non-hydrogen) atoms. The normalized spacial score (nSPS) is 21.8. The lowest BCUT2D eigenvalue weighted by Gasteiger charge is -2.31. The molecular formula is C10H19NO2. The van der Waals surface area contributed by atoms with Crippen LogP contribution in [0, 0.1) is 5.92 Å². The van der Waals surface area contributed by atoms with E-state index in [1.165, 1.54) is 0 Å². The minimum Gasteiger partial charge on any atom is -0.383 e. The molecule has 76 valence electrons. The van der Waals surface area contributed by atoms with Crippen molar-refractivity contribution >= 4 is 5.78 Å². The van der Waals surface area contributed by atoms with Gasteiger partial charge in [-0.2, -0.15) is 0 Å². The Morgan fingerprint density at radius 1 is 1.38 bits per heavy atom. The molecule has 0 aromatic rings. The third kappa shape index (κ3) is 2.78. The van der Waals surface area contributed by atoms with E-state index >= 15 is 0 Å². The topological polar surface area (TPSA) is 40.5 Å². The zero-order valence-electron chi connectivity index (χ0n) is 8.71. The molecule has 0 bridgehead atoms. The lowest BCUT2D eigenvalue weighted by atomic mass is 9.85. The molecule has 0 saturated carbocycles. The molecule has 1 saturated heterocycles. The fourth-order valence-electron chi connectivity index (χ4n) is 1.77. The second kappa shape index (κ2) is 3.76. The summed E-state index contributed by atoms with van der Waals surface area (Å²) in [5, 5.41) is 9.54. The average Bonchev–Trinajstić information content (AvgIpc) is 2.03. The smallest absolute Gasteiger partial charge is 0.166 e.